The summed E-state index contributed by atoms with van der Waals surface area (Å²) in [4.78, 5) is 14.5. The number of rotatable bonds is 4. The van der Waals surface area contributed by atoms with Crippen LogP contribution in [0, 0.1) is 16.7 Å². The molecule has 0 aromatic rings. The van der Waals surface area contributed by atoms with Gasteiger partial charge in [-0.25, -0.2) is 0 Å². The van der Waals surface area contributed by atoms with Crippen molar-refractivity contribution in [3.63, 3.8) is 0 Å². The number of aliphatic hydroxyl groups is 1. The zero-order valence-corrected chi connectivity index (χ0v) is 10.9. The lowest BCUT2D eigenvalue weighted by molar-refractivity contribution is -0.141. The second-order valence-corrected chi connectivity index (χ2v) is 5.56. The van der Waals surface area contributed by atoms with Gasteiger partial charge in [0.1, 0.15) is 5.41 Å². The average Bonchev–Trinajstić information content (AvgIpc) is 3.06. The fraction of sp³-hybridized carbons (Fsp3) is 0.857. The summed E-state index contributed by atoms with van der Waals surface area (Å²) in [5.74, 6) is -0.0246. The van der Waals surface area contributed by atoms with Crippen LogP contribution in [-0.2, 0) is 4.79 Å². The topological polar surface area (TPSA) is 64.3 Å². The van der Waals surface area contributed by atoms with Gasteiger partial charge in [0.2, 0.25) is 5.91 Å². The van der Waals surface area contributed by atoms with Crippen LogP contribution in [0.25, 0.3) is 0 Å². The average molecular weight is 250 g/mol. The van der Waals surface area contributed by atoms with Gasteiger partial charge in [-0.1, -0.05) is 25.7 Å². The predicted molar refractivity (Wildman–Crippen MR) is 67.6 cm³/mol. The molecule has 0 saturated heterocycles. The molecule has 2 fully saturated rings. The van der Waals surface area contributed by atoms with Gasteiger partial charge in [0.05, 0.1) is 12.7 Å². The van der Waals surface area contributed by atoms with Crippen molar-refractivity contribution < 1.29 is 9.90 Å². The van der Waals surface area contributed by atoms with Crippen LogP contribution in [0.1, 0.15) is 51.4 Å². The number of carbonyl (C=O) groups excluding carboxylic acids is 1. The first-order valence-corrected chi connectivity index (χ1v) is 7.07. The minimum Gasteiger partial charge on any atom is -0.395 e. The van der Waals surface area contributed by atoms with Crippen LogP contribution in [0.5, 0.6) is 0 Å². The van der Waals surface area contributed by atoms with Gasteiger partial charge in [-0.3, -0.25) is 4.79 Å². The summed E-state index contributed by atoms with van der Waals surface area (Å²) in [5.41, 5.74) is -0.794. The zero-order valence-electron chi connectivity index (χ0n) is 10.9. The molecule has 2 aliphatic carbocycles. The van der Waals surface area contributed by atoms with Crippen LogP contribution in [0.2, 0.25) is 0 Å². The molecule has 0 atom stereocenters. The van der Waals surface area contributed by atoms with E-state index in [1.807, 2.05) is 0 Å². The molecule has 100 valence electrons. The van der Waals surface area contributed by atoms with Crippen molar-refractivity contribution in [3.05, 3.63) is 0 Å². The van der Waals surface area contributed by atoms with Crippen LogP contribution >= 0.6 is 0 Å². The van der Waals surface area contributed by atoms with Crippen molar-refractivity contribution in [2.45, 2.75) is 57.4 Å². The van der Waals surface area contributed by atoms with Crippen molar-refractivity contribution >= 4 is 5.91 Å². The van der Waals surface area contributed by atoms with Crippen LogP contribution in [-0.4, -0.2) is 35.1 Å². The summed E-state index contributed by atoms with van der Waals surface area (Å²) in [6, 6.07) is 2.51. The maximum atomic E-state index is 12.7. The van der Waals surface area contributed by atoms with Crippen molar-refractivity contribution in [1.82, 2.24) is 4.90 Å². The smallest absolute Gasteiger partial charge is 0.243 e. The summed E-state index contributed by atoms with van der Waals surface area (Å²) < 4.78 is 0. The molecular weight excluding hydrogens is 228 g/mol. The quantitative estimate of drug-likeness (QED) is 0.828. The highest BCUT2D eigenvalue weighted by atomic mass is 16.3. The van der Waals surface area contributed by atoms with E-state index in [0.717, 1.165) is 38.5 Å². The van der Waals surface area contributed by atoms with E-state index in [9.17, 15) is 10.1 Å². The minimum atomic E-state index is -0.794. The summed E-state index contributed by atoms with van der Waals surface area (Å²) in [6.45, 7) is 0.372. The van der Waals surface area contributed by atoms with Crippen LogP contribution < -0.4 is 0 Å². The summed E-state index contributed by atoms with van der Waals surface area (Å²) >= 11 is 0. The van der Waals surface area contributed by atoms with E-state index in [2.05, 4.69) is 6.07 Å². The predicted octanol–water partition coefficient (Wildman–Crippen LogP) is 1.83. The molecule has 18 heavy (non-hydrogen) atoms. The number of nitrogens with zero attached hydrogens (tertiary/aromatic N) is 2. The molecule has 0 aromatic heterocycles. The monoisotopic (exact) mass is 250 g/mol. The van der Waals surface area contributed by atoms with E-state index in [0.29, 0.717) is 19.4 Å². The summed E-state index contributed by atoms with van der Waals surface area (Å²) in [5, 5.41) is 18.6. The van der Waals surface area contributed by atoms with Gasteiger partial charge in [0.25, 0.3) is 0 Å². The van der Waals surface area contributed by atoms with Crippen molar-refractivity contribution in [1.29, 1.82) is 5.26 Å². The maximum Gasteiger partial charge on any atom is 0.243 e. The van der Waals surface area contributed by atoms with Gasteiger partial charge in [-0.15, -0.1) is 0 Å². The fourth-order valence-electron chi connectivity index (χ4n) is 3.40. The highest BCUT2D eigenvalue weighted by molar-refractivity contribution is 5.86. The van der Waals surface area contributed by atoms with Crippen LogP contribution in [0.4, 0.5) is 0 Å². The number of carbonyl (C=O) groups is 1. The molecule has 1 N–H and O–H groups in total. The Balaban J connectivity index is 2.14. The largest absolute Gasteiger partial charge is 0.395 e. The number of hydrogen-bond acceptors (Lipinski definition) is 3. The highest BCUT2D eigenvalue weighted by Crippen LogP contribution is 2.40. The molecule has 0 aliphatic heterocycles. The number of aliphatic hydroxyl groups excluding tert-OH is 1. The fourth-order valence-corrected chi connectivity index (χ4v) is 3.40. The molecule has 4 nitrogen and oxygen atoms in total. The van der Waals surface area contributed by atoms with Crippen molar-refractivity contribution in [2.24, 2.45) is 5.41 Å². The molecule has 0 aromatic carbocycles. The molecule has 1 amide bonds. The van der Waals surface area contributed by atoms with Crippen molar-refractivity contribution in [2.75, 3.05) is 13.2 Å². The van der Waals surface area contributed by atoms with E-state index in [1.54, 1.807) is 4.90 Å². The molecule has 2 aliphatic rings. The Labute approximate surface area is 109 Å². The Hall–Kier alpha value is -1.08. The van der Waals surface area contributed by atoms with E-state index in [1.165, 1.54) is 0 Å². The Morgan fingerprint density at radius 1 is 1.28 bits per heavy atom. The van der Waals surface area contributed by atoms with Gasteiger partial charge >= 0.3 is 0 Å². The SMILES string of the molecule is N#CC1(C(=O)N(CCO)C2CCCC2)CCCC1. The minimum absolute atomic E-state index is 0.0102. The summed E-state index contributed by atoms with van der Waals surface area (Å²) in [7, 11) is 0. The molecule has 2 saturated carbocycles. The van der Waals surface area contributed by atoms with E-state index in [-0.39, 0.29) is 18.6 Å². The second kappa shape index (κ2) is 5.71. The van der Waals surface area contributed by atoms with Crippen molar-refractivity contribution in [3.8, 4) is 6.07 Å². The van der Waals surface area contributed by atoms with E-state index >= 15 is 0 Å². The third-order valence-electron chi connectivity index (χ3n) is 4.45. The highest BCUT2D eigenvalue weighted by Gasteiger charge is 2.45. The maximum absolute atomic E-state index is 12.7. The Morgan fingerprint density at radius 2 is 1.89 bits per heavy atom. The third-order valence-corrected chi connectivity index (χ3v) is 4.45. The first-order chi connectivity index (χ1) is 8.73. The van der Waals surface area contributed by atoms with Gasteiger partial charge in [0.15, 0.2) is 0 Å². The normalized spacial score (nSPS) is 22.9. The molecule has 0 radical (unpaired) electrons. The molecular formula is C14H22N2O2. The molecule has 0 heterocycles. The van der Waals surface area contributed by atoms with Gasteiger partial charge in [-0.2, -0.15) is 5.26 Å². The molecule has 4 heteroatoms. The lowest BCUT2D eigenvalue weighted by atomic mass is 9.85. The lowest BCUT2D eigenvalue weighted by Gasteiger charge is -2.34. The Morgan fingerprint density at radius 3 is 2.39 bits per heavy atom. The molecule has 0 bridgehead atoms. The van der Waals surface area contributed by atoms with E-state index < -0.39 is 5.41 Å². The number of nitriles is 1. The third kappa shape index (κ3) is 2.37. The van der Waals surface area contributed by atoms with E-state index in [4.69, 9.17) is 5.11 Å². The number of amides is 1. The summed E-state index contributed by atoms with van der Waals surface area (Å²) in [6.07, 6.45) is 7.67. The Kier molecular flexibility index (Phi) is 4.23. The van der Waals surface area contributed by atoms with Gasteiger partial charge in [-0.05, 0) is 25.7 Å². The van der Waals surface area contributed by atoms with Crippen LogP contribution in [0.15, 0.2) is 0 Å². The standard InChI is InChI=1S/C14H22N2O2/c15-11-14(7-3-4-8-14)13(18)16(9-10-17)12-5-1-2-6-12/h12,17H,1-10H2. The molecule has 0 unspecified atom stereocenters. The lowest BCUT2D eigenvalue weighted by Crippen LogP contribution is -2.47. The first kappa shape index (κ1) is 13.4. The zero-order chi connectivity index (χ0) is 13.0. The first-order valence-electron chi connectivity index (χ1n) is 7.07. The van der Waals surface area contributed by atoms with Crippen LogP contribution in [0.3, 0.4) is 0 Å². The molecule has 0 spiro atoms. The number of hydrogen-bond donors (Lipinski definition) is 1. The second-order valence-electron chi connectivity index (χ2n) is 5.56. The molecule has 2 rings (SSSR count). The van der Waals surface area contributed by atoms with Gasteiger partial charge in [0, 0.05) is 12.6 Å². The Bertz CT molecular complexity index is 336. The van der Waals surface area contributed by atoms with Gasteiger partial charge < -0.3 is 10.0 Å².